The zero-order valence-electron chi connectivity index (χ0n) is 16.5. The minimum atomic E-state index is -3.84. The van der Waals surface area contributed by atoms with E-state index in [4.69, 9.17) is 9.05 Å². The molecule has 2 fully saturated rings. The summed E-state index contributed by atoms with van der Waals surface area (Å²) in [5, 5.41) is 7.57. The first-order valence-corrected chi connectivity index (χ1v) is 12.5. The van der Waals surface area contributed by atoms with Crippen LogP contribution in [0.2, 0.25) is 0 Å². The lowest BCUT2D eigenvalue weighted by atomic mass is 9.80. The van der Waals surface area contributed by atoms with Crippen LogP contribution in [-0.4, -0.2) is 61.8 Å². The zero-order chi connectivity index (χ0) is 21.2. The molecule has 2 aromatic heterocycles. The summed E-state index contributed by atoms with van der Waals surface area (Å²) in [6.45, 7) is 5.27. The first-order chi connectivity index (χ1) is 13.4. The summed E-state index contributed by atoms with van der Waals surface area (Å²) in [5.74, 6) is 0.879. The van der Waals surface area contributed by atoms with E-state index in [0.717, 1.165) is 0 Å². The van der Waals surface area contributed by atoms with Crippen molar-refractivity contribution in [2.24, 2.45) is 5.92 Å². The first kappa shape index (κ1) is 20.4. The van der Waals surface area contributed by atoms with Crippen LogP contribution in [0.5, 0.6) is 0 Å². The molecule has 0 amide bonds. The molecule has 0 aromatic carbocycles. The maximum absolute atomic E-state index is 12.9. The second-order valence-electron chi connectivity index (χ2n) is 7.97. The lowest BCUT2D eigenvalue weighted by molar-refractivity contribution is 0.259. The summed E-state index contributed by atoms with van der Waals surface area (Å²) in [4.78, 5) is 4.39. The zero-order valence-corrected chi connectivity index (χ0v) is 18.2. The van der Waals surface area contributed by atoms with Crippen LogP contribution in [-0.2, 0) is 25.5 Å². The Morgan fingerprint density at radius 2 is 1.86 bits per heavy atom. The van der Waals surface area contributed by atoms with Crippen molar-refractivity contribution in [1.82, 2.24) is 24.3 Å². The van der Waals surface area contributed by atoms with Gasteiger partial charge in [0.15, 0.2) is 11.6 Å². The Morgan fingerprint density at radius 1 is 1.14 bits per heavy atom. The summed E-state index contributed by atoms with van der Waals surface area (Å²) in [7, 11) is -7.24. The van der Waals surface area contributed by atoms with E-state index < -0.39 is 31.5 Å². The minimum Gasteiger partial charge on any atom is -0.360 e. The molecule has 0 spiro atoms. The molecule has 1 saturated carbocycles. The van der Waals surface area contributed by atoms with Gasteiger partial charge in [0.1, 0.15) is 10.6 Å². The van der Waals surface area contributed by atoms with Gasteiger partial charge < -0.3 is 9.05 Å². The molecule has 1 unspecified atom stereocenters. The number of nitrogens with zero attached hydrogens (tertiary/aromatic N) is 4. The summed E-state index contributed by atoms with van der Waals surface area (Å²) < 4.78 is 64.6. The fraction of sp³-hybridized carbons (Fsp3) is 0.688. The molecule has 13 heteroatoms. The highest BCUT2D eigenvalue weighted by molar-refractivity contribution is 7.89. The molecule has 1 N–H and O–H groups in total. The van der Waals surface area contributed by atoms with E-state index in [1.807, 2.05) is 0 Å². The third kappa shape index (κ3) is 3.39. The molecular formula is C16H23N5O6S2. The van der Waals surface area contributed by atoms with Gasteiger partial charge in [-0.25, -0.2) is 25.9 Å². The molecule has 1 aliphatic heterocycles. The van der Waals surface area contributed by atoms with E-state index >= 15 is 0 Å². The van der Waals surface area contributed by atoms with Gasteiger partial charge in [0.25, 0.3) is 0 Å². The third-order valence-corrected chi connectivity index (χ3v) is 8.80. The number of aromatic nitrogens is 3. The van der Waals surface area contributed by atoms with Gasteiger partial charge in [-0.2, -0.15) is 4.98 Å². The highest BCUT2D eigenvalue weighted by atomic mass is 32.2. The van der Waals surface area contributed by atoms with Gasteiger partial charge in [-0.05, 0) is 39.5 Å². The van der Waals surface area contributed by atoms with Crippen LogP contribution in [0, 0.1) is 26.7 Å². The van der Waals surface area contributed by atoms with E-state index in [1.165, 1.54) is 10.6 Å². The van der Waals surface area contributed by atoms with Crippen molar-refractivity contribution in [1.29, 1.82) is 0 Å². The fourth-order valence-corrected chi connectivity index (χ4v) is 7.13. The third-order valence-electron chi connectivity index (χ3n) is 5.82. The number of sulfonamides is 2. The van der Waals surface area contributed by atoms with E-state index in [-0.39, 0.29) is 29.7 Å². The Hall–Kier alpha value is -1.83. The Bertz CT molecular complexity index is 1130. The number of aryl methyl sites for hydroxylation is 3. The summed E-state index contributed by atoms with van der Waals surface area (Å²) in [6, 6.07) is -0.410. The monoisotopic (exact) mass is 445 g/mol. The molecule has 11 nitrogen and oxygen atoms in total. The summed E-state index contributed by atoms with van der Waals surface area (Å²) in [5.41, 5.74) is -0.435. The van der Waals surface area contributed by atoms with Gasteiger partial charge in [0.2, 0.25) is 25.9 Å². The molecule has 160 valence electrons. The van der Waals surface area contributed by atoms with Gasteiger partial charge in [-0.1, -0.05) is 10.3 Å². The fourth-order valence-electron chi connectivity index (χ4n) is 4.63. The summed E-state index contributed by atoms with van der Waals surface area (Å²) >= 11 is 0. The lowest BCUT2D eigenvalue weighted by Gasteiger charge is -2.24. The predicted molar refractivity (Wildman–Crippen MR) is 99.9 cm³/mol. The van der Waals surface area contributed by atoms with Crippen molar-refractivity contribution >= 4 is 20.0 Å². The van der Waals surface area contributed by atoms with Crippen LogP contribution in [0.3, 0.4) is 0 Å². The maximum Gasteiger partial charge on any atom is 0.246 e. The Morgan fingerprint density at radius 3 is 2.41 bits per heavy atom. The van der Waals surface area contributed by atoms with Gasteiger partial charge >= 0.3 is 0 Å². The highest BCUT2D eigenvalue weighted by Crippen LogP contribution is 2.50. The SMILES string of the molecule is Cc1noc([C@]23C[C@H](NS(=O)(=O)c4c(C)noc4C)CC2CN(S(C)(=O)=O)C3)n1. The molecule has 3 atom stereocenters. The second-order valence-corrected chi connectivity index (χ2v) is 11.6. The topological polar surface area (TPSA) is 148 Å². The van der Waals surface area contributed by atoms with E-state index in [2.05, 4.69) is 20.0 Å². The molecule has 3 heterocycles. The molecular weight excluding hydrogens is 422 g/mol. The van der Waals surface area contributed by atoms with Crippen molar-refractivity contribution < 1.29 is 25.9 Å². The second kappa shape index (κ2) is 6.59. The number of rotatable bonds is 5. The molecule has 1 saturated heterocycles. The number of nitrogens with one attached hydrogen (secondary N) is 1. The van der Waals surface area contributed by atoms with Crippen molar-refractivity contribution in [3.63, 3.8) is 0 Å². The van der Waals surface area contributed by atoms with E-state index in [0.29, 0.717) is 30.3 Å². The van der Waals surface area contributed by atoms with E-state index in [1.54, 1.807) is 20.8 Å². The lowest BCUT2D eigenvalue weighted by Crippen LogP contribution is -2.39. The smallest absolute Gasteiger partial charge is 0.246 e. The van der Waals surface area contributed by atoms with Crippen LogP contribution in [0.15, 0.2) is 13.9 Å². The molecule has 4 rings (SSSR count). The number of hydrogen-bond donors (Lipinski definition) is 1. The highest BCUT2D eigenvalue weighted by Gasteiger charge is 2.59. The van der Waals surface area contributed by atoms with Crippen LogP contribution in [0.25, 0.3) is 0 Å². The quantitative estimate of drug-likeness (QED) is 0.683. The normalized spacial score (nSPS) is 28.1. The van der Waals surface area contributed by atoms with Crippen LogP contribution in [0.4, 0.5) is 0 Å². The van der Waals surface area contributed by atoms with Crippen molar-refractivity contribution in [2.45, 2.75) is 50.0 Å². The van der Waals surface area contributed by atoms with Gasteiger partial charge in [-0.3, -0.25) is 0 Å². The van der Waals surface area contributed by atoms with Crippen LogP contribution < -0.4 is 4.72 Å². The molecule has 2 aromatic rings. The van der Waals surface area contributed by atoms with Crippen molar-refractivity contribution in [3.8, 4) is 0 Å². The number of fused-ring (bicyclic) bond motifs is 1. The first-order valence-electron chi connectivity index (χ1n) is 9.13. The Balaban J connectivity index is 1.65. The average Bonchev–Trinajstić information content (AvgIpc) is 3.29. The minimum absolute atomic E-state index is 0.0370. The van der Waals surface area contributed by atoms with Crippen LogP contribution >= 0.6 is 0 Å². The molecule has 1 aliphatic carbocycles. The standard InChI is InChI=1S/C16H23N5O6S2/c1-9-14(10(2)26-18-9)29(24,25)20-13-5-12-7-21(28(4,22)23)8-16(12,6-13)15-17-11(3)19-27-15/h12-13,20H,5-8H2,1-4H3/t12?,13-,16+/m1/s1. The van der Waals surface area contributed by atoms with Crippen molar-refractivity contribution in [3.05, 3.63) is 23.2 Å². The predicted octanol–water partition coefficient (Wildman–Crippen LogP) is 0.253. The molecule has 0 radical (unpaired) electrons. The molecule has 2 aliphatic rings. The molecule has 29 heavy (non-hydrogen) atoms. The van der Waals surface area contributed by atoms with E-state index in [9.17, 15) is 16.8 Å². The van der Waals surface area contributed by atoms with Gasteiger partial charge in [-0.15, -0.1) is 0 Å². The largest absolute Gasteiger partial charge is 0.360 e. The summed E-state index contributed by atoms with van der Waals surface area (Å²) in [6.07, 6.45) is 1.97. The average molecular weight is 446 g/mol. The maximum atomic E-state index is 12.9. The Labute approximate surface area is 168 Å². The van der Waals surface area contributed by atoms with Crippen molar-refractivity contribution in [2.75, 3.05) is 19.3 Å². The number of hydrogen-bond acceptors (Lipinski definition) is 9. The van der Waals surface area contributed by atoms with Crippen LogP contribution in [0.1, 0.15) is 36.0 Å². The van der Waals surface area contributed by atoms with Gasteiger partial charge in [0.05, 0.1) is 11.7 Å². The van der Waals surface area contributed by atoms with Gasteiger partial charge in [0, 0.05) is 19.1 Å². The Kier molecular flexibility index (Phi) is 4.64. The molecule has 0 bridgehead atoms.